The van der Waals surface area contributed by atoms with Crippen molar-refractivity contribution in [3.05, 3.63) is 57.5 Å². The fraction of sp³-hybridized carbons (Fsp3) is 0.263. The lowest BCUT2D eigenvalue weighted by Gasteiger charge is -2.22. The van der Waals surface area contributed by atoms with E-state index in [9.17, 15) is 4.79 Å². The van der Waals surface area contributed by atoms with Gasteiger partial charge in [0.1, 0.15) is 5.01 Å². The predicted molar refractivity (Wildman–Crippen MR) is 108 cm³/mol. The SMILES string of the molecule is O=C(CN1CCCC1c1nc2ccccc2s1)Nc1cc(Cl)ccc1Cl. The van der Waals surface area contributed by atoms with E-state index in [4.69, 9.17) is 28.2 Å². The topological polar surface area (TPSA) is 45.2 Å². The molecule has 0 saturated carbocycles. The Morgan fingerprint density at radius 3 is 2.96 bits per heavy atom. The summed E-state index contributed by atoms with van der Waals surface area (Å²) in [6.45, 7) is 1.20. The van der Waals surface area contributed by atoms with Crippen LogP contribution in [0.3, 0.4) is 0 Å². The fourth-order valence-corrected chi connectivity index (χ4v) is 4.77. The molecule has 2 aromatic carbocycles. The number of para-hydroxylation sites is 1. The maximum absolute atomic E-state index is 12.5. The van der Waals surface area contributed by atoms with Crippen molar-refractivity contribution in [2.24, 2.45) is 0 Å². The van der Waals surface area contributed by atoms with Crippen LogP contribution in [-0.2, 0) is 4.79 Å². The van der Waals surface area contributed by atoms with E-state index in [0.29, 0.717) is 22.3 Å². The maximum Gasteiger partial charge on any atom is 0.238 e. The summed E-state index contributed by atoms with van der Waals surface area (Å²) >= 11 is 13.8. The zero-order valence-electron chi connectivity index (χ0n) is 13.9. The molecule has 1 unspecified atom stereocenters. The van der Waals surface area contributed by atoms with E-state index in [-0.39, 0.29) is 11.9 Å². The van der Waals surface area contributed by atoms with Crippen molar-refractivity contribution in [3.8, 4) is 0 Å². The number of hydrogen-bond donors (Lipinski definition) is 1. The van der Waals surface area contributed by atoms with E-state index >= 15 is 0 Å². The Bertz CT molecular complexity index is 926. The van der Waals surface area contributed by atoms with Crippen LogP contribution in [0.25, 0.3) is 10.2 Å². The lowest BCUT2D eigenvalue weighted by molar-refractivity contribution is -0.117. The van der Waals surface area contributed by atoms with Crippen LogP contribution in [0.1, 0.15) is 23.9 Å². The summed E-state index contributed by atoms with van der Waals surface area (Å²) < 4.78 is 1.18. The molecule has 2 heterocycles. The first kappa shape index (κ1) is 17.7. The Labute approximate surface area is 165 Å². The Morgan fingerprint density at radius 1 is 1.27 bits per heavy atom. The van der Waals surface area contributed by atoms with Gasteiger partial charge in [-0.05, 0) is 49.7 Å². The second-order valence-electron chi connectivity index (χ2n) is 6.32. The number of rotatable bonds is 4. The molecule has 7 heteroatoms. The van der Waals surface area contributed by atoms with Crippen molar-refractivity contribution in [1.29, 1.82) is 0 Å². The standard InChI is InChI=1S/C19H17Cl2N3OS/c20-12-7-8-13(21)15(10-12)22-18(25)11-24-9-3-5-16(24)19-23-14-4-1-2-6-17(14)26-19/h1-2,4,6-8,10,16H,3,5,9,11H2,(H,22,25). The van der Waals surface area contributed by atoms with Gasteiger partial charge in [0.25, 0.3) is 0 Å². The first-order valence-electron chi connectivity index (χ1n) is 8.44. The Hall–Kier alpha value is -1.66. The van der Waals surface area contributed by atoms with Gasteiger partial charge in [0.2, 0.25) is 5.91 Å². The van der Waals surface area contributed by atoms with E-state index in [2.05, 4.69) is 16.3 Å². The molecule has 3 aromatic rings. The number of hydrogen-bond acceptors (Lipinski definition) is 4. The van der Waals surface area contributed by atoms with Crippen LogP contribution >= 0.6 is 34.5 Å². The van der Waals surface area contributed by atoms with Gasteiger partial charge >= 0.3 is 0 Å². The minimum atomic E-state index is -0.0952. The molecule has 1 aliphatic rings. The van der Waals surface area contributed by atoms with Crippen molar-refractivity contribution in [2.45, 2.75) is 18.9 Å². The Kier molecular flexibility index (Phi) is 5.14. The van der Waals surface area contributed by atoms with Crippen LogP contribution in [-0.4, -0.2) is 28.9 Å². The van der Waals surface area contributed by atoms with Gasteiger partial charge in [-0.2, -0.15) is 0 Å². The van der Waals surface area contributed by atoms with Crippen molar-refractivity contribution in [1.82, 2.24) is 9.88 Å². The lowest BCUT2D eigenvalue weighted by Crippen LogP contribution is -2.33. The molecule has 4 nitrogen and oxygen atoms in total. The molecule has 1 aromatic heterocycles. The predicted octanol–water partition coefficient (Wildman–Crippen LogP) is 5.38. The quantitative estimate of drug-likeness (QED) is 0.633. The number of aromatic nitrogens is 1. The summed E-state index contributed by atoms with van der Waals surface area (Å²) in [5.41, 5.74) is 1.56. The van der Waals surface area contributed by atoms with E-state index in [1.807, 2.05) is 18.2 Å². The second kappa shape index (κ2) is 7.53. The van der Waals surface area contributed by atoms with E-state index in [1.54, 1.807) is 29.5 Å². The monoisotopic (exact) mass is 405 g/mol. The van der Waals surface area contributed by atoms with Crippen molar-refractivity contribution in [3.63, 3.8) is 0 Å². The molecule has 0 bridgehead atoms. The molecule has 1 fully saturated rings. The molecule has 1 N–H and O–H groups in total. The van der Waals surface area contributed by atoms with Crippen LogP contribution in [0.5, 0.6) is 0 Å². The Balaban J connectivity index is 1.48. The third-order valence-corrected chi connectivity index (χ3v) is 6.21. The zero-order chi connectivity index (χ0) is 18.1. The number of carbonyl (C=O) groups excluding carboxylic acids is 1. The average Bonchev–Trinajstić information content (AvgIpc) is 3.24. The molecule has 1 saturated heterocycles. The number of nitrogens with zero attached hydrogens (tertiary/aromatic N) is 2. The second-order valence-corrected chi connectivity index (χ2v) is 8.23. The third kappa shape index (κ3) is 3.71. The molecule has 1 amide bonds. The molecular formula is C19H17Cl2N3OS. The summed E-state index contributed by atoms with van der Waals surface area (Å²) in [6, 6.07) is 13.4. The van der Waals surface area contributed by atoms with Gasteiger partial charge in [0.05, 0.1) is 33.5 Å². The number of anilines is 1. The number of amides is 1. The van der Waals surface area contributed by atoms with E-state index < -0.39 is 0 Å². The summed E-state index contributed by atoms with van der Waals surface area (Å²) in [5, 5.41) is 4.96. The van der Waals surface area contributed by atoms with Gasteiger partial charge in [-0.25, -0.2) is 4.98 Å². The van der Waals surface area contributed by atoms with Crippen molar-refractivity contribution >= 4 is 56.3 Å². The van der Waals surface area contributed by atoms with Gasteiger partial charge in [-0.3, -0.25) is 9.69 Å². The van der Waals surface area contributed by atoms with Gasteiger partial charge in [-0.1, -0.05) is 35.3 Å². The molecule has 0 radical (unpaired) electrons. The van der Waals surface area contributed by atoms with E-state index in [1.165, 1.54) is 4.70 Å². The minimum Gasteiger partial charge on any atom is -0.324 e. The van der Waals surface area contributed by atoms with Gasteiger partial charge < -0.3 is 5.32 Å². The minimum absolute atomic E-state index is 0.0952. The normalized spacial score (nSPS) is 17.7. The molecule has 4 rings (SSSR count). The van der Waals surface area contributed by atoms with E-state index in [0.717, 1.165) is 29.9 Å². The molecular weight excluding hydrogens is 389 g/mol. The fourth-order valence-electron chi connectivity index (χ4n) is 3.30. The highest BCUT2D eigenvalue weighted by Gasteiger charge is 2.30. The average molecular weight is 406 g/mol. The first-order chi connectivity index (χ1) is 12.6. The lowest BCUT2D eigenvalue weighted by atomic mass is 10.2. The number of likely N-dealkylation sites (tertiary alicyclic amines) is 1. The molecule has 134 valence electrons. The van der Waals surface area contributed by atoms with Crippen molar-refractivity contribution < 1.29 is 4.79 Å². The van der Waals surface area contributed by atoms with Crippen LogP contribution < -0.4 is 5.32 Å². The maximum atomic E-state index is 12.5. The summed E-state index contributed by atoms with van der Waals surface area (Å²) in [4.78, 5) is 19.5. The molecule has 1 atom stereocenters. The number of thiazole rings is 1. The number of fused-ring (bicyclic) bond motifs is 1. The highest BCUT2D eigenvalue weighted by Crippen LogP contribution is 2.36. The highest BCUT2D eigenvalue weighted by molar-refractivity contribution is 7.18. The van der Waals surface area contributed by atoms with Crippen LogP contribution in [0.15, 0.2) is 42.5 Å². The van der Waals surface area contributed by atoms with Crippen LogP contribution in [0.2, 0.25) is 10.0 Å². The zero-order valence-corrected chi connectivity index (χ0v) is 16.2. The van der Waals surface area contributed by atoms with Gasteiger partial charge in [-0.15, -0.1) is 11.3 Å². The molecule has 0 aliphatic carbocycles. The molecule has 26 heavy (non-hydrogen) atoms. The number of benzene rings is 2. The smallest absolute Gasteiger partial charge is 0.238 e. The third-order valence-electron chi connectivity index (χ3n) is 4.51. The summed E-state index contributed by atoms with van der Waals surface area (Å²) in [6.07, 6.45) is 2.08. The van der Waals surface area contributed by atoms with Gasteiger partial charge in [0.15, 0.2) is 0 Å². The summed E-state index contributed by atoms with van der Waals surface area (Å²) in [7, 11) is 0. The van der Waals surface area contributed by atoms with Crippen LogP contribution in [0, 0.1) is 0 Å². The molecule has 0 spiro atoms. The van der Waals surface area contributed by atoms with Gasteiger partial charge in [0, 0.05) is 5.02 Å². The highest BCUT2D eigenvalue weighted by atomic mass is 35.5. The number of nitrogens with one attached hydrogen (secondary N) is 1. The van der Waals surface area contributed by atoms with Crippen LogP contribution in [0.4, 0.5) is 5.69 Å². The largest absolute Gasteiger partial charge is 0.324 e. The number of halogens is 2. The van der Waals surface area contributed by atoms with Crippen molar-refractivity contribution in [2.75, 3.05) is 18.4 Å². The first-order valence-corrected chi connectivity index (χ1v) is 10.0. The summed E-state index contributed by atoms with van der Waals surface area (Å²) in [5.74, 6) is -0.0952. The number of carbonyl (C=O) groups is 1. The Morgan fingerprint density at radius 2 is 2.12 bits per heavy atom. The molecule has 1 aliphatic heterocycles.